The molecule has 5 heteroatoms. The molecule has 0 bridgehead atoms. The Bertz CT molecular complexity index is 641. The Morgan fingerprint density at radius 1 is 1.33 bits per heavy atom. The molecule has 2 atom stereocenters. The highest BCUT2D eigenvalue weighted by molar-refractivity contribution is 5.59. The van der Waals surface area contributed by atoms with Crippen LogP contribution < -0.4 is 5.32 Å². The third kappa shape index (κ3) is 4.04. The van der Waals surface area contributed by atoms with Gasteiger partial charge in [-0.2, -0.15) is 0 Å². The first-order valence-electron chi connectivity index (χ1n) is 8.76. The maximum atomic E-state index is 6.09. The summed E-state index contributed by atoms with van der Waals surface area (Å²) in [5, 5.41) is 3.50. The van der Waals surface area contributed by atoms with Gasteiger partial charge in [-0.1, -0.05) is 37.3 Å². The molecule has 1 saturated heterocycles. The molecule has 2 unspecified atom stereocenters. The van der Waals surface area contributed by atoms with Crippen LogP contribution in [-0.4, -0.2) is 49.3 Å². The minimum atomic E-state index is 0.0589. The first-order valence-corrected chi connectivity index (χ1v) is 8.76. The number of nitrogens with zero attached hydrogens (tertiary/aromatic N) is 2. The number of nitrogens with one attached hydrogen (secondary N) is 1. The van der Waals surface area contributed by atoms with Crippen LogP contribution in [0.2, 0.25) is 0 Å². The van der Waals surface area contributed by atoms with Gasteiger partial charge in [0.15, 0.2) is 5.76 Å². The average molecular weight is 329 g/mol. The van der Waals surface area contributed by atoms with Crippen LogP contribution in [-0.2, 0) is 11.2 Å². The van der Waals surface area contributed by atoms with Crippen molar-refractivity contribution in [2.75, 3.05) is 33.3 Å². The highest BCUT2D eigenvalue weighted by Crippen LogP contribution is 2.27. The van der Waals surface area contributed by atoms with Gasteiger partial charge in [-0.3, -0.25) is 0 Å². The SMILES string of the molecule is CCc1nc(C(C)NCC2CN(C)CCO2)oc1-c1ccccc1. The molecule has 130 valence electrons. The van der Waals surface area contributed by atoms with Crippen molar-refractivity contribution in [3.8, 4) is 11.3 Å². The maximum Gasteiger partial charge on any atom is 0.212 e. The highest BCUT2D eigenvalue weighted by atomic mass is 16.5. The number of aryl methyl sites for hydroxylation is 1. The van der Waals surface area contributed by atoms with Crippen molar-refractivity contribution in [2.45, 2.75) is 32.4 Å². The largest absolute Gasteiger partial charge is 0.439 e. The van der Waals surface area contributed by atoms with E-state index in [-0.39, 0.29) is 12.1 Å². The predicted molar refractivity (Wildman–Crippen MR) is 95.0 cm³/mol. The second-order valence-electron chi connectivity index (χ2n) is 6.43. The molecule has 0 spiro atoms. The van der Waals surface area contributed by atoms with Crippen molar-refractivity contribution in [1.82, 2.24) is 15.2 Å². The summed E-state index contributed by atoms with van der Waals surface area (Å²) >= 11 is 0. The molecule has 1 aromatic heterocycles. The van der Waals surface area contributed by atoms with E-state index in [1.807, 2.05) is 18.2 Å². The smallest absolute Gasteiger partial charge is 0.212 e. The van der Waals surface area contributed by atoms with Crippen LogP contribution in [0.3, 0.4) is 0 Å². The maximum absolute atomic E-state index is 6.09. The van der Waals surface area contributed by atoms with Crippen LogP contribution in [0.5, 0.6) is 0 Å². The van der Waals surface area contributed by atoms with E-state index in [0.717, 1.165) is 55.6 Å². The van der Waals surface area contributed by atoms with Crippen molar-refractivity contribution in [1.29, 1.82) is 0 Å². The van der Waals surface area contributed by atoms with Crippen LogP contribution in [0.1, 0.15) is 31.5 Å². The average Bonchev–Trinajstić information content (AvgIpc) is 3.05. The van der Waals surface area contributed by atoms with Gasteiger partial charge in [0.25, 0.3) is 0 Å². The molecule has 2 heterocycles. The van der Waals surface area contributed by atoms with E-state index in [0.29, 0.717) is 0 Å². The minimum absolute atomic E-state index is 0.0589. The van der Waals surface area contributed by atoms with Crippen LogP contribution >= 0.6 is 0 Å². The Hall–Kier alpha value is -1.69. The molecule has 0 aliphatic carbocycles. The quantitative estimate of drug-likeness (QED) is 0.883. The Kier molecular flexibility index (Phi) is 5.66. The van der Waals surface area contributed by atoms with Crippen molar-refractivity contribution in [3.63, 3.8) is 0 Å². The number of hydrogen-bond acceptors (Lipinski definition) is 5. The van der Waals surface area contributed by atoms with E-state index in [2.05, 4.69) is 43.2 Å². The van der Waals surface area contributed by atoms with Gasteiger partial charge in [0.05, 0.1) is 24.4 Å². The standard InChI is InChI=1S/C19H27N3O2/c1-4-17-18(15-8-6-5-7-9-15)24-19(21-17)14(2)20-12-16-13-22(3)10-11-23-16/h5-9,14,16,20H,4,10-13H2,1-3H3. The lowest BCUT2D eigenvalue weighted by Gasteiger charge is -2.30. The summed E-state index contributed by atoms with van der Waals surface area (Å²) in [6.07, 6.45) is 1.08. The van der Waals surface area contributed by atoms with Gasteiger partial charge in [0, 0.05) is 25.2 Å². The van der Waals surface area contributed by atoms with Gasteiger partial charge in [-0.25, -0.2) is 4.98 Å². The number of hydrogen-bond donors (Lipinski definition) is 1. The van der Waals surface area contributed by atoms with Gasteiger partial charge in [0.2, 0.25) is 5.89 Å². The monoisotopic (exact) mass is 329 g/mol. The number of likely N-dealkylation sites (N-methyl/N-ethyl adjacent to an activating group) is 1. The Labute approximate surface area is 144 Å². The first-order chi connectivity index (χ1) is 11.7. The summed E-state index contributed by atoms with van der Waals surface area (Å²) in [7, 11) is 2.13. The van der Waals surface area contributed by atoms with E-state index >= 15 is 0 Å². The summed E-state index contributed by atoms with van der Waals surface area (Å²) in [5.74, 6) is 1.63. The number of rotatable bonds is 6. The fourth-order valence-corrected chi connectivity index (χ4v) is 3.00. The highest BCUT2D eigenvalue weighted by Gasteiger charge is 2.21. The van der Waals surface area contributed by atoms with Gasteiger partial charge in [-0.05, 0) is 20.4 Å². The number of morpholine rings is 1. The molecular formula is C19H27N3O2. The van der Waals surface area contributed by atoms with Gasteiger partial charge >= 0.3 is 0 Å². The zero-order valence-electron chi connectivity index (χ0n) is 14.8. The number of aromatic nitrogens is 1. The lowest BCUT2D eigenvalue weighted by molar-refractivity contribution is -0.0193. The first kappa shape index (κ1) is 17.1. The molecule has 24 heavy (non-hydrogen) atoms. The lowest BCUT2D eigenvalue weighted by Crippen LogP contribution is -2.45. The zero-order valence-corrected chi connectivity index (χ0v) is 14.8. The fourth-order valence-electron chi connectivity index (χ4n) is 3.00. The van der Waals surface area contributed by atoms with Crippen LogP contribution in [0.15, 0.2) is 34.7 Å². The van der Waals surface area contributed by atoms with Crippen LogP contribution in [0.4, 0.5) is 0 Å². The molecule has 1 aliphatic heterocycles. The molecule has 0 saturated carbocycles. The summed E-state index contributed by atoms with van der Waals surface area (Å²) in [4.78, 5) is 7.00. The normalized spacial score (nSPS) is 20.2. The summed E-state index contributed by atoms with van der Waals surface area (Å²) in [6, 6.07) is 10.2. The zero-order chi connectivity index (χ0) is 16.9. The third-order valence-electron chi connectivity index (χ3n) is 4.45. The Balaban J connectivity index is 1.67. The molecule has 1 fully saturated rings. The van der Waals surface area contributed by atoms with Gasteiger partial charge < -0.3 is 19.4 Å². The predicted octanol–water partition coefficient (Wildman–Crippen LogP) is 2.89. The minimum Gasteiger partial charge on any atom is -0.439 e. The summed E-state index contributed by atoms with van der Waals surface area (Å²) < 4.78 is 11.9. The number of ether oxygens (including phenoxy) is 1. The summed E-state index contributed by atoms with van der Waals surface area (Å²) in [5.41, 5.74) is 2.09. The van der Waals surface area contributed by atoms with E-state index in [4.69, 9.17) is 14.1 Å². The Morgan fingerprint density at radius 2 is 2.12 bits per heavy atom. The molecule has 0 amide bonds. The molecular weight excluding hydrogens is 302 g/mol. The van der Waals surface area contributed by atoms with Gasteiger partial charge in [-0.15, -0.1) is 0 Å². The van der Waals surface area contributed by atoms with Crippen molar-refractivity contribution < 1.29 is 9.15 Å². The van der Waals surface area contributed by atoms with E-state index in [1.54, 1.807) is 0 Å². The van der Waals surface area contributed by atoms with Crippen molar-refractivity contribution in [3.05, 3.63) is 41.9 Å². The molecule has 2 aromatic rings. The molecule has 5 nitrogen and oxygen atoms in total. The summed E-state index contributed by atoms with van der Waals surface area (Å²) in [6.45, 7) is 7.77. The Morgan fingerprint density at radius 3 is 2.83 bits per heavy atom. The number of oxazole rings is 1. The van der Waals surface area contributed by atoms with E-state index in [9.17, 15) is 0 Å². The second-order valence-corrected chi connectivity index (χ2v) is 6.43. The molecule has 1 N–H and O–H groups in total. The molecule has 0 radical (unpaired) electrons. The van der Waals surface area contributed by atoms with E-state index in [1.165, 1.54) is 0 Å². The fraction of sp³-hybridized carbons (Fsp3) is 0.526. The molecule has 3 rings (SSSR count). The van der Waals surface area contributed by atoms with Crippen LogP contribution in [0, 0.1) is 0 Å². The third-order valence-corrected chi connectivity index (χ3v) is 4.45. The van der Waals surface area contributed by atoms with Crippen molar-refractivity contribution >= 4 is 0 Å². The molecule has 1 aromatic carbocycles. The van der Waals surface area contributed by atoms with E-state index < -0.39 is 0 Å². The second kappa shape index (κ2) is 7.92. The topological polar surface area (TPSA) is 50.5 Å². The van der Waals surface area contributed by atoms with Gasteiger partial charge in [0.1, 0.15) is 0 Å². The van der Waals surface area contributed by atoms with Crippen molar-refractivity contribution in [2.24, 2.45) is 0 Å². The molecule has 1 aliphatic rings. The van der Waals surface area contributed by atoms with Crippen LogP contribution in [0.25, 0.3) is 11.3 Å². The number of benzene rings is 1. The lowest BCUT2D eigenvalue weighted by atomic mass is 10.1.